The van der Waals surface area contributed by atoms with Gasteiger partial charge in [0.25, 0.3) is 14.2 Å². The average molecular weight is 314 g/mol. The highest BCUT2D eigenvalue weighted by Crippen LogP contribution is 2.32. The van der Waals surface area contributed by atoms with E-state index in [0.717, 1.165) is 11.1 Å². The van der Waals surface area contributed by atoms with Crippen LogP contribution in [0.5, 0.6) is 0 Å². The van der Waals surface area contributed by atoms with Crippen molar-refractivity contribution in [2.75, 3.05) is 0 Å². The second kappa shape index (κ2) is 4.86. The van der Waals surface area contributed by atoms with Crippen LogP contribution in [-0.2, 0) is 21.5 Å². The fourth-order valence-electron chi connectivity index (χ4n) is 2.09. The standard InChI is InChI=1S/C13H16ClN3O2S/c1-13(2,3)10-8-6-5-7-9(10)11-15-16-12(17(11)4)20(14,18)19/h5-8H,1-4H3. The number of hydrogen-bond donors (Lipinski definition) is 0. The van der Waals surface area contributed by atoms with Gasteiger partial charge in [0, 0.05) is 23.3 Å². The smallest absolute Gasteiger partial charge is 0.296 e. The summed E-state index contributed by atoms with van der Waals surface area (Å²) in [5.41, 5.74) is 1.82. The summed E-state index contributed by atoms with van der Waals surface area (Å²) in [5.74, 6) is 0.481. The molecular weight excluding hydrogens is 298 g/mol. The summed E-state index contributed by atoms with van der Waals surface area (Å²) < 4.78 is 24.2. The molecule has 2 aromatic rings. The maximum Gasteiger partial charge on any atom is 0.296 e. The predicted octanol–water partition coefficient (Wildman–Crippen LogP) is 2.71. The van der Waals surface area contributed by atoms with E-state index in [4.69, 9.17) is 10.7 Å². The van der Waals surface area contributed by atoms with E-state index < -0.39 is 9.05 Å². The van der Waals surface area contributed by atoms with Gasteiger partial charge < -0.3 is 0 Å². The Morgan fingerprint density at radius 1 is 1.15 bits per heavy atom. The molecule has 5 nitrogen and oxygen atoms in total. The first-order valence-electron chi connectivity index (χ1n) is 6.06. The third-order valence-corrected chi connectivity index (χ3v) is 4.23. The minimum absolute atomic E-state index is 0.0947. The summed E-state index contributed by atoms with van der Waals surface area (Å²) in [5, 5.41) is 7.40. The summed E-state index contributed by atoms with van der Waals surface area (Å²) >= 11 is 0. The summed E-state index contributed by atoms with van der Waals surface area (Å²) in [6, 6.07) is 7.72. The first-order chi connectivity index (χ1) is 9.12. The third kappa shape index (κ3) is 2.71. The number of aromatic nitrogens is 3. The highest BCUT2D eigenvalue weighted by atomic mass is 35.7. The normalized spacial score (nSPS) is 12.7. The van der Waals surface area contributed by atoms with Gasteiger partial charge in [-0.2, -0.15) is 0 Å². The van der Waals surface area contributed by atoms with Gasteiger partial charge in [-0.25, -0.2) is 8.42 Å². The Morgan fingerprint density at radius 2 is 1.75 bits per heavy atom. The van der Waals surface area contributed by atoms with E-state index in [1.165, 1.54) is 4.57 Å². The van der Waals surface area contributed by atoms with E-state index in [1.54, 1.807) is 7.05 Å². The van der Waals surface area contributed by atoms with Crippen molar-refractivity contribution in [3.63, 3.8) is 0 Å². The molecule has 1 aromatic carbocycles. The van der Waals surface area contributed by atoms with Gasteiger partial charge in [0.1, 0.15) is 0 Å². The van der Waals surface area contributed by atoms with Crippen molar-refractivity contribution in [3.05, 3.63) is 29.8 Å². The average Bonchev–Trinajstić information content (AvgIpc) is 2.69. The van der Waals surface area contributed by atoms with Crippen LogP contribution in [0.1, 0.15) is 26.3 Å². The van der Waals surface area contributed by atoms with Crippen molar-refractivity contribution in [2.24, 2.45) is 7.05 Å². The molecule has 0 atom stereocenters. The van der Waals surface area contributed by atoms with E-state index in [0.29, 0.717) is 5.82 Å². The van der Waals surface area contributed by atoms with Gasteiger partial charge in [-0.3, -0.25) is 4.57 Å². The molecule has 0 saturated heterocycles. The van der Waals surface area contributed by atoms with E-state index in [2.05, 4.69) is 31.0 Å². The molecule has 1 heterocycles. The van der Waals surface area contributed by atoms with Crippen LogP contribution in [0.2, 0.25) is 0 Å². The molecule has 0 aliphatic carbocycles. The van der Waals surface area contributed by atoms with Crippen LogP contribution in [-0.4, -0.2) is 23.2 Å². The lowest BCUT2D eigenvalue weighted by atomic mass is 9.83. The highest BCUT2D eigenvalue weighted by molar-refractivity contribution is 8.13. The van der Waals surface area contributed by atoms with E-state index in [1.807, 2.05) is 24.3 Å². The van der Waals surface area contributed by atoms with Crippen LogP contribution >= 0.6 is 10.7 Å². The Bertz CT molecular complexity index is 745. The van der Waals surface area contributed by atoms with Crippen LogP contribution in [0.15, 0.2) is 29.4 Å². The lowest BCUT2D eigenvalue weighted by molar-refractivity contribution is 0.589. The molecule has 0 bridgehead atoms. The first kappa shape index (κ1) is 15.0. The number of nitrogens with zero attached hydrogens (tertiary/aromatic N) is 3. The number of benzene rings is 1. The zero-order valence-corrected chi connectivity index (χ0v) is 13.3. The van der Waals surface area contributed by atoms with Crippen molar-refractivity contribution < 1.29 is 8.42 Å². The molecule has 108 valence electrons. The molecule has 0 spiro atoms. The molecule has 1 aromatic heterocycles. The van der Waals surface area contributed by atoms with Gasteiger partial charge in [0.2, 0.25) is 0 Å². The largest absolute Gasteiger partial charge is 0.300 e. The molecule has 0 fully saturated rings. The molecule has 0 N–H and O–H groups in total. The van der Waals surface area contributed by atoms with Crippen molar-refractivity contribution >= 4 is 19.7 Å². The molecule has 0 aliphatic rings. The van der Waals surface area contributed by atoms with Gasteiger partial charge in [0.15, 0.2) is 5.82 Å². The van der Waals surface area contributed by atoms with Gasteiger partial charge in [-0.05, 0) is 11.0 Å². The summed E-state index contributed by atoms with van der Waals surface area (Å²) in [6.07, 6.45) is 0. The Labute approximate surface area is 123 Å². The quantitative estimate of drug-likeness (QED) is 0.800. The van der Waals surface area contributed by atoms with Crippen LogP contribution < -0.4 is 0 Å². The molecule has 0 unspecified atom stereocenters. The highest BCUT2D eigenvalue weighted by Gasteiger charge is 2.25. The second-order valence-electron chi connectivity index (χ2n) is 5.60. The topological polar surface area (TPSA) is 64.8 Å². The maximum atomic E-state index is 11.4. The van der Waals surface area contributed by atoms with E-state index in [-0.39, 0.29) is 10.6 Å². The zero-order chi connectivity index (χ0) is 15.1. The lowest BCUT2D eigenvalue weighted by Crippen LogP contribution is -2.13. The van der Waals surface area contributed by atoms with Gasteiger partial charge in [0.05, 0.1) is 0 Å². The molecule has 0 saturated carbocycles. The lowest BCUT2D eigenvalue weighted by Gasteiger charge is -2.22. The SMILES string of the molecule is Cn1c(-c2ccccc2C(C)(C)C)nnc1S(=O)(=O)Cl. The van der Waals surface area contributed by atoms with E-state index >= 15 is 0 Å². The zero-order valence-electron chi connectivity index (χ0n) is 11.8. The molecule has 7 heteroatoms. The molecule has 20 heavy (non-hydrogen) atoms. The Balaban J connectivity index is 2.69. The molecule has 0 radical (unpaired) electrons. The van der Waals surface area contributed by atoms with Crippen LogP contribution in [0.4, 0.5) is 0 Å². The number of hydrogen-bond acceptors (Lipinski definition) is 4. The molecule has 2 rings (SSSR count). The Morgan fingerprint density at radius 3 is 2.25 bits per heavy atom. The summed E-state index contributed by atoms with van der Waals surface area (Å²) in [6.45, 7) is 6.25. The number of rotatable bonds is 2. The fraction of sp³-hybridized carbons (Fsp3) is 0.385. The molecular formula is C13H16ClN3O2S. The Hall–Kier alpha value is -1.40. The summed E-state index contributed by atoms with van der Waals surface area (Å²) in [4.78, 5) is 0. The minimum Gasteiger partial charge on any atom is -0.300 e. The molecule has 0 aliphatic heterocycles. The Kier molecular flexibility index (Phi) is 3.64. The van der Waals surface area contributed by atoms with Crippen LogP contribution in [0, 0.1) is 0 Å². The van der Waals surface area contributed by atoms with Crippen LogP contribution in [0.25, 0.3) is 11.4 Å². The van der Waals surface area contributed by atoms with Crippen molar-refractivity contribution in [1.29, 1.82) is 0 Å². The number of halogens is 1. The summed E-state index contributed by atoms with van der Waals surface area (Å²) in [7, 11) is 3.02. The minimum atomic E-state index is -3.91. The third-order valence-electron chi connectivity index (χ3n) is 3.03. The first-order valence-corrected chi connectivity index (χ1v) is 8.37. The van der Waals surface area contributed by atoms with Crippen molar-refractivity contribution in [1.82, 2.24) is 14.8 Å². The van der Waals surface area contributed by atoms with Crippen LogP contribution in [0.3, 0.4) is 0 Å². The van der Waals surface area contributed by atoms with E-state index in [9.17, 15) is 8.42 Å². The second-order valence-corrected chi connectivity index (χ2v) is 8.06. The van der Waals surface area contributed by atoms with Gasteiger partial charge >= 0.3 is 0 Å². The van der Waals surface area contributed by atoms with Crippen molar-refractivity contribution in [2.45, 2.75) is 31.3 Å². The predicted molar refractivity (Wildman–Crippen MR) is 78.2 cm³/mol. The maximum absolute atomic E-state index is 11.4. The van der Waals surface area contributed by atoms with Gasteiger partial charge in [-0.15, -0.1) is 10.2 Å². The fourth-order valence-corrected chi connectivity index (χ4v) is 3.05. The molecule has 0 amide bonds. The van der Waals surface area contributed by atoms with Crippen molar-refractivity contribution in [3.8, 4) is 11.4 Å². The van der Waals surface area contributed by atoms with Gasteiger partial charge in [-0.1, -0.05) is 45.0 Å². The monoisotopic (exact) mass is 313 g/mol.